The number of carbonyl (C=O) groups excluding carboxylic acids is 1. The molecule has 23 heavy (non-hydrogen) atoms. The van der Waals surface area contributed by atoms with Crippen LogP contribution in [0.25, 0.3) is 10.9 Å². The number of H-pyrrole nitrogens is 1. The highest BCUT2D eigenvalue weighted by molar-refractivity contribution is 5.97. The number of carbonyl (C=O) groups is 1. The second kappa shape index (κ2) is 8.36. The Labute approximate surface area is 136 Å². The summed E-state index contributed by atoms with van der Waals surface area (Å²) >= 11 is 0. The molecule has 0 spiro atoms. The number of hydrogen-bond acceptors (Lipinski definition) is 3. The van der Waals surface area contributed by atoms with E-state index >= 15 is 0 Å². The van der Waals surface area contributed by atoms with Gasteiger partial charge in [0, 0.05) is 23.6 Å². The minimum Gasteiger partial charge on any atom is -0.494 e. The Morgan fingerprint density at radius 1 is 1.22 bits per heavy atom. The van der Waals surface area contributed by atoms with Gasteiger partial charge >= 0.3 is 0 Å². The van der Waals surface area contributed by atoms with E-state index in [1.54, 1.807) is 18.2 Å². The Kier molecular flexibility index (Phi) is 6.20. The standard InChI is InChI=1S/C18H24N2O3/c1-3-5-6-7-10-19-18(22)15-12-20-16-9-8-13(23-4-2)11-14(16)17(15)21/h8-9,11-12H,3-7,10H2,1-2H3,(H,19,22)(H,20,21). The van der Waals surface area contributed by atoms with Gasteiger partial charge < -0.3 is 15.0 Å². The number of pyridine rings is 1. The van der Waals surface area contributed by atoms with E-state index in [2.05, 4.69) is 17.2 Å². The molecule has 0 atom stereocenters. The van der Waals surface area contributed by atoms with Gasteiger partial charge in [0.1, 0.15) is 11.3 Å². The molecule has 2 rings (SSSR count). The van der Waals surface area contributed by atoms with Crippen molar-refractivity contribution in [1.29, 1.82) is 0 Å². The van der Waals surface area contributed by atoms with E-state index in [1.807, 2.05) is 6.92 Å². The number of fused-ring (bicyclic) bond motifs is 1. The highest BCUT2D eigenvalue weighted by Gasteiger charge is 2.13. The van der Waals surface area contributed by atoms with Crippen LogP contribution in [-0.4, -0.2) is 24.0 Å². The molecule has 0 radical (unpaired) electrons. The van der Waals surface area contributed by atoms with Gasteiger partial charge in [-0.3, -0.25) is 9.59 Å². The Bertz CT molecular complexity index is 722. The van der Waals surface area contributed by atoms with Crippen molar-refractivity contribution >= 4 is 16.8 Å². The number of ether oxygens (including phenoxy) is 1. The average molecular weight is 316 g/mol. The zero-order valence-electron chi connectivity index (χ0n) is 13.8. The van der Waals surface area contributed by atoms with Gasteiger partial charge in [-0.1, -0.05) is 26.2 Å². The lowest BCUT2D eigenvalue weighted by atomic mass is 10.1. The Morgan fingerprint density at radius 3 is 2.78 bits per heavy atom. The molecule has 2 aromatic rings. The minimum absolute atomic E-state index is 0.140. The van der Waals surface area contributed by atoms with Crippen LogP contribution in [0.15, 0.2) is 29.2 Å². The van der Waals surface area contributed by atoms with Crippen molar-refractivity contribution in [2.75, 3.05) is 13.2 Å². The topological polar surface area (TPSA) is 71.2 Å². The van der Waals surface area contributed by atoms with Crippen LogP contribution in [-0.2, 0) is 0 Å². The van der Waals surface area contributed by atoms with E-state index in [1.165, 1.54) is 6.20 Å². The number of benzene rings is 1. The predicted molar refractivity (Wildman–Crippen MR) is 92.2 cm³/mol. The molecule has 5 nitrogen and oxygen atoms in total. The number of aromatic amines is 1. The lowest BCUT2D eigenvalue weighted by Gasteiger charge is -2.07. The number of hydrogen-bond donors (Lipinski definition) is 2. The molecule has 0 aliphatic heterocycles. The van der Waals surface area contributed by atoms with Gasteiger partial charge in [0.2, 0.25) is 5.43 Å². The fraction of sp³-hybridized carbons (Fsp3) is 0.444. The van der Waals surface area contributed by atoms with Crippen LogP contribution >= 0.6 is 0 Å². The molecule has 1 amide bonds. The molecule has 0 aliphatic rings. The summed E-state index contributed by atoms with van der Waals surface area (Å²) < 4.78 is 5.42. The van der Waals surface area contributed by atoms with Crippen molar-refractivity contribution in [3.05, 3.63) is 40.2 Å². The van der Waals surface area contributed by atoms with E-state index < -0.39 is 0 Å². The highest BCUT2D eigenvalue weighted by atomic mass is 16.5. The van der Waals surface area contributed by atoms with Crippen molar-refractivity contribution < 1.29 is 9.53 Å². The third-order valence-electron chi connectivity index (χ3n) is 3.72. The van der Waals surface area contributed by atoms with Crippen LogP contribution in [0.3, 0.4) is 0 Å². The molecule has 0 fully saturated rings. The van der Waals surface area contributed by atoms with Gasteiger partial charge in [-0.15, -0.1) is 0 Å². The fourth-order valence-corrected chi connectivity index (χ4v) is 2.47. The average Bonchev–Trinajstić information content (AvgIpc) is 2.55. The van der Waals surface area contributed by atoms with Crippen molar-refractivity contribution in [2.45, 2.75) is 39.5 Å². The normalized spacial score (nSPS) is 10.7. The van der Waals surface area contributed by atoms with E-state index in [-0.39, 0.29) is 16.9 Å². The van der Waals surface area contributed by atoms with Crippen LogP contribution in [0.4, 0.5) is 0 Å². The summed E-state index contributed by atoms with van der Waals surface area (Å²) in [6.45, 7) is 5.15. The number of unbranched alkanes of at least 4 members (excludes halogenated alkanes) is 3. The maximum Gasteiger partial charge on any atom is 0.256 e. The summed E-state index contributed by atoms with van der Waals surface area (Å²) in [6, 6.07) is 5.26. The molecule has 0 saturated heterocycles. The first-order valence-electron chi connectivity index (χ1n) is 8.23. The second-order valence-electron chi connectivity index (χ2n) is 5.49. The molecule has 2 N–H and O–H groups in total. The smallest absolute Gasteiger partial charge is 0.256 e. The van der Waals surface area contributed by atoms with Gasteiger partial charge in [-0.2, -0.15) is 0 Å². The number of rotatable bonds is 8. The third kappa shape index (κ3) is 4.34. The molecule has 124 valence electrons. The van der Waals surface area contributed by atoms with Gasteiger partial charge in [-0.25, -0.2) is 0 Å². The first-order chi connectivity index (χ1) is 11.2. The van der Waals surface area contributed by atoms with Gasteiger partial charge in [0.25, 0.3) is 5.91 Å². The Morgan fingerprint density at radius 2 is 2.04 bits per heavy atom. The maximum atomic E-state index is 12.5. The summed E-state index contributed by atoms with van der Waals surface area (Å²) in [5.41, 5.74) is 0.561. The lowest BCUT2D eigenvalue weighted by Crippen LogP contribution is -2.29. The first-order valence-corrected chi connectivity index (χ1v) is 8.23. The molecule has 0 bridgehead atoms. The molecule has 0 aliphatic carbocycles. The zero-order valence-corrected chi connectivity index (χ0v) is 13.8. The van der Waals surface area contributed by atoms with Gasteiger partial charge in [0.15, 0.2) is 0 Å². The Hall–Kier alpha value is -2.30. The van der Waals surface area contributed by atoms with Crippen LogP contribution < -0.4 is 15.5 Å². The largest absolute Gasteiger partial charge is 0.494 e. The molecule has 0 saturated carbocycles. The summed E-state index contributed by atoms with van der Waals surface area (Å²) in [5.74, 6) is 0.300. The zero-order chi connectivity index (χ0) is 16.7. The molecule has 1 heterocycles. The molecular formula is C18H24N2O3. The van der Waals surface area contributed by atoms with E-state index in [0.717, 1.165) is 25.7 Å². The summed E-state index contributed by atoms with van der Waals surface area (Å²) in [4.78, 5) is 27.7. The highest BCUT2D eigenvalue weighted by Crippen LogP contribution is 2.17. The third-order valence-corrected chi connectivity index (χ3v) is 3.72. The van der Waals surface area contributed by atoms with Crippen LogP contribution in [0, 0.1) is 0 Å². The SMILES string of the molecule is CCCCCCNC(=O)c1c[nH]c2ccc(OCC)cc2c1=O. The molecule has 1 aromatic heterocycles. The van der Waals surface area contributed by atoms with Crippen molar-refractivity contribution in [1.82, 2.24) is 10.3 Å². The monoisotopic (exact) mass is 316 g/mol. The molecule has 0 unspecified atom stereocenters. The number of amides is 1. The van der Waals surface area contributed by atoms with Crippen molar-refractivity contribution in [2.24, 2.45) is 0 Å². The molecule has 5 heteroatoms. The number of aromatic nitrogens is 1. The summed E-state index contributed by atoms with van der Waals surface area (Å²) in [6.07, 6.45) is 5.81. The molecular weight excluding hydrogens is 292 g/mol. The van der Waals surface area contributed by atoms with Crippen molar-refractivity contribution in [3.63, 3.8) is 0 Å². The second-order valence-corrected chi connectivity index (χ2v) is 5.49. The minimum atomic E-state index is -0.327. The predicted octanol–water partition coefficient (Wildman–Crippen LogP) is 3.24. The summed E-state index contributed by atoms with van der Waals surface area (Å²) in [7, 11) is 0. The fourth-order valence-electron chi connectivity index (χ4n) is 2.47. The van der Waals surface area contributed by atoms with E-state index in [9.17, 15) is 9.59 Å². The lowest BCUT2D eigenvalue weighted by molar-refractivity contribution is 0.0951. The quantitative estimate of drug-likeness (QED) is 0.734. The van der Waals surface area contributed by atoms with E-state index in [0.29, 0.717) is 29.8 Å². The van der Waals surface area contributed by atoms with Gasteiger partial charge in [-0.05, 0) is 31.5 Å². The van der Waals surface area contributed by atoms with Crippen molar-refractivity contribution in [3.8, 4) is 5.75 Å². The maximum absolute atomic E-state index is 12.5. The molecule has 1 aromatic carbocycles. The Balaban J connectivity index is 2.15. The van der Waals surface area contributed by atoms with Crippen LogP contribution in [0.2, 0.25) is 0 Å². The van der Waals surface area contributed by atoms with E-state index in [4.69, 9.17) is 4.74 Å². The van der Waals surface area contributed by atoms with Crippen LogP contribution in [0.1, 0.15) is 49.9 Å². The van der Waals surface area contributed by atoms with Crippen LogP contribution in [0.5, 0.6) is 5.75 Å². The van der Waals surface area contributed by atoms with Gasteiger partial charge in [0.05, 0.1) is 6.61 Å². The summed E-state index contributed by atoms with van der Waals surface area (Å²) in [5, 5.41) is 3.28. The number of nitrogens with one attached hydrogen (secondary N) is 2. The first kappa shape index (κ1) is 17.1.